The third-order valence-electron chi connectivity index (χ3n) is 7.45. The average Bonchev–Trinajstić information content (AvgIpc) is 3.39. The van der Waals surface area contributed by atoms with Gasteiger partial charge >= 0.3 is 0 Å². The summed E-state index contributed by atoms with van der Waals surface area (Å²) in [6.45, 7) is 4.80. The summed E-state index contributed by atoms with van der Waals surface area (Å²) in [7, 11) is -2.41. The van der Waals surface area contributed by atoms with E-state index in [9.17, 15) is 13.2 Å². The van der Waals surface area contributed by atoms with Crippen LogP contribution in [-0.2, 0) is 21.3 Å². The number of halogens is 1. The number of hydrogen-bond acceptors (Lipinski definition) is 7. The van der Waals surface area contributed by atoms with E-state index < -0.39 is 10.0 Å². The number of benzene rings is 2. The van der Waals surface area contributed by atoms with Crippen LogP contribution < -0.4 is 15.2 Å². The van der Waals surface area contributed by atoms with Crippen molar-refractivity contribution in [3.63, 3.8) is 0 Å². The number of anilines is 1. The van der Waals surface area contributed by atoms with Crippen LogP contribution in [0, 0.1) is 6.92 Å². The van der Waals surface area contributed by atoms with E-state index in [0.717, 1.165) is 16.8 Å². The molecule has 6 rings (SSSR count). The maximum Gasteiger partial charge on any atom is 0.269 e. The van der Waals surface area contributed by atoms with Gasteiger partial charge in [-0.3, -0.25) is 4.79 Å². The molecule has 0 bridgehead atoms. The third-order valence-corrected chi connectivity index (χ3v) is 9.35. The highest BCUT2D eigenvalue weighted by atomic mass is 35.5. The lowest BCUT2D eigenvalue weighted by molar-refractivity contribution is 0.122. The molecule has 1 aliphatic rings. The fourth-order valence-electron chi connectivity index (χ4n) is 5.14. The number of nitrogens with zero attached hydrogens (tertiary/aromatic N) is 4. The van der Waals surface area contributed by atoms with Crippen molar-refractivity contribution in [2.45, 2.75) is 18.4 Å². The quantitative estimate of drug-likeness (QED) is 0.259. The second kappa shape index (κ2) is 11.3. The van der Waals surface area contributed by atoms with Gasteiger partial charge in [-0.25, -0.2) is 17.4 Å². The van der Waals surface area contributed by atoms with Crippen LogP contribution in [0.5, 0.6) is 5.75 Å². The highest BCUT2D eigenvalue weighted by Gasteiger charge is 2.24. The predicted octanol–water partition coefficient (Wildman–Crippen LogP) is 4.96. The van der Waals surface area contributed by atoms with E-state index in [-0.39, 0.29) is 22.6 Å². The first-order valence-corrected chi connectivity index (χ1v) is 15.3. The van der Waals surface area contributed by atoms with Crippen molar-refractivity contribution in [3.05, 3.63) is 106 Å². The van der Waals surface area contributed by atoms with E-state index >= 15 is 0 Å². The molecule has 3 aromatic heterocycles. The third kappa shape index (κ3) is 5.29. The van der Waals surface area contributed by atoms with Gasteiger partial charge in [0.05, 0.1) is 43.6 Å². The van der Waals surface area contributed by atoms with Gasteiger partial charge in [-0.15, -0.1) is 0 Å². The Balaban J connectivity index is 1.46. The van der Waals surface area contributed by atoms with E-state index in [0.29, 0.717) is 53.6 Å². The van der Waals surface area contributed by atoms with Crippen LogP contribution in [0.15, 0.2) is 88.9 Å². The molecule has 9 nitrogen and oxygen atoms in total. The Morgan fingerprint density at radius 1 is 1.02 bits per heavy atom. The molecule has 0 saturated carbocycles. The molecule has 4 heterocycles. The largest absolute Gasteiger partial charge is 0.496 e. The maximum absolute atomic E-state index is 13.8. The summed E-state index contributed by atoms with van der Waals surface area (Å²) < 4.78 is 41.3. The summed E-state index contributed by atoms with van der Waals surface area (Å²) in [6.07, 6.45) is 4.94. The number of morpholine rings is 1. The van der Waals surface area contributed by atoms with Crippen LogP contribution in [0.1, 0.15) is 11.1 Å². The second-order valence-electron chi connectivity index (χ2n) is 10.2. The lowest BCUT2D eigenvalue weighted by Crippen LogP contribution is -2.36. The van der Waals surface area contributed by atoms with Gasteiger partial charge < -0.3 is 18.9 Å². The van der Waals surface area contributed by atoms with E-state index in [1.165, 1.54) is 10.0 Å². The number of fused-ring (bicyclic) bond motifs is 1. The van der Waals surface area contributed by atoms with E-state index in [4.69, 9.17) is 21.1 Å². The van der Waals surface area contributed by atoms with Gasteiger partial charge in [0.25, 0.3) is 15.6 Å². The van der Waals surface area contributed by atoms with Crippen LogP contribution in [0.4, 0.5) is 5.69 Å². The molecule has 1 aliphatic heterocycles. The highest BCUT2D eigenvalue weighted by molar-refractivity contribution is 7.90. The smallest absolute Gasteiger partial charge is 0.269 e. The van der Waals surface area contributed by atoms with Gasteiger partial charge in [0, 0.05) is 53.1 Å². The molecule has 0 aliphatic carbocycles. The maximum atomic E-state index is 13.8. The fraction of sp³-hybridized carbons (Fsp3) is 0.226. The average molecular weight is 605 g/mol. The molecule has 216 valence electrons. The molecular formula is C31H29ClN4O5S. The van der Waals surface area contributed by atoms with Crippen molar-refractivity contribution >= 4 is 38.3 Å². The number of aromatic nitrogens is 3. The first kappa shape index (κ1) is 28.0. The summed E-state index contributed by atoms with van der Waals surface area (Å²) in [4.78, 5) is 20.3. The van der Waals surface area contributed by atoms with Crippen LogP contribution in [0.3, 0.4) is 0 Å². The fourth-order valence-corrected chi connectivity index (χ4v) is 6.62. The van der Waals surface area contributed by atoms with Crippen molar-refractivity contribution in [1.82, 2.24) is 13.5 Å². The molecule has 1 saturated heterocycles. The minimum atomic E-state index is -3.96. The molecule has 11 heteroatoms. The Morgan fingerprint density at radius 2 is 1.79 bits per heavy atom. The zero-order valence-electron chi connectivity index (χ0n) is 23.2. The Bertz CT molecular complexity index is 1950. The molecule has 0 atom stereocenters. The Kier molecular flexibility index (Phi) is 7.53. The first-order valence-electron chi connectivity index (χ1n) is 13.4. The Hall–Kier alpha value is -4.12. The molecule has 42 heavy (non-hydrogen) atoms. The molecule has 2 aromatic carbocycles. The van der Waals surface area contributed by atoms with Crippen LogP contribution >= 0.6 is 11.6 Å². The molecule has 0 amide bonds. The van der Waals surface area contributed by atoms with E-state index in [2.05, 4.69) is 9.88 Å². The van der Waals surface area contributed by atoms with E-state index in [1.54, 1.807) is 66.7 Å². The van der Waals surface area contributed by atoms with Gasteiger partial charge in [0.2, 0.25) is 0 Å². The predicted molar refractivity (Wildman–Crippen MR) is 163 cm³/mol. The molecule has 0 unspecified atom stereocenters. The molecule has 0 N–H and O–H groups in total. The van der Waals surface area contributed by atoms with Gasteiger partial charge in [0.1, 0.15) is 5.75 Å². The topological polar surface area (TPSA) is 95.7 Å². The summed E-state index contributed by atoms with van der Waals surface area (Å²) in [5.74, 6) is 0.588. The molecule has 0 radical (unpaired) electrons. The second-order valence-corrected chi connectivity index (χ2v) is 12.4. The first-order chi connectivity index (χ1) is 20.2. The lowest BCUT2D eigenvalue weighted by Gasteiger charge is -2.28. The summed E-state index contributed by atoms with van der Waals surface area (Å²) in [5.41, 5.74) is 3.84. The number of ether oxygens (including phenoxy) is 2. The minimum absolute atomic E-state index is 0.155. The van der Waals surface area contributed by atoms with Crippen molar-refractivity contribution in [2.24, 2.45) is 0 Å². The highest BCUT2D eigenvalue weighted by Crippen LogP contribution is 2.34. The summed E-state index contributed by atoms with van der Waals surface area (Å²) in [6, 6.07) is 17.2. The summed E-state index contributed by atoms with van der Waals surface area (Å²) >= 11 is 6.10. The zero-order valence-corrected chi connectivity index (χ0v) is 24.7. The molecule has 0 spiro atoms. The molecular weight excluding hydrogens is 576 g/mol. The lowest BCUT2D eigenvalue weighted by atomic mass is 10.1. The van der Waals surface area contributed by atoms with Crippen LogP contribution in [0.25, 0.3) is 22.2 Å². The summed E-state index contributed by atoms with van der Waals surface area (Å²) in [5, 5.41) is 1.17. The van der Waals surface area contributed by atoms with Crippen molar-refractivity contribution < 1.29 is 17.9 Å². The van der Waals surface area contributed by atoms with Gasteiger partial charge in [-0.05, 0) is 48.9 Å². The Morgan fingerprint density at radius 3 is 2.50 bits per heavy atom. The number of hydrogen-bond donors (Lipinski definition) is 0. The van der Waals surface area contributed by atoms with E-state index in [1.807, 2.05) is 25.1 Å². The van der Waals surface area contributed by atoms with Gasteiger partial charge in [-0.2, -0.15) is 0 Å². The minimum Gasteiger partial charge on any atom is -0.496 e. The van der Waals surface area contributed by atoms with Crippen LogP contribution in [-0.4, -0.2) is 55.4 Å². The van der Waals surface area contributed by atoms with Crippen LogP contribution in [0.2, 0.25) is 5.02 Å². The number of pyridine rings is 2. The van der Waals surface area contributed by atoms with Gasteiger partial charge in [-0.1, -0.05) is 35.4 Å². The normalized spacial score (nSPS) is 13.9. The van der Waals surface area contributed by atoms with Crippen molar-refractivity contribution in [2.75, 3.05) is 38.3 Å². The SMILES string of the molecule is COc1cc(Cl)ccc1Cn1ccc(-c2cn(S(=O)(=O)c3ccc(C)cc3)c3ncc(N4CCOCC4)cc23)cc1=O. The molecule has 5 aromatic rings. The zero-order chi connectivity index (χ0) is 29.4. The number of aryl methyl sites for hydroxylation is 1. The molecule has 1 fully saturated rings. The number of rotatable bonds is 7. The number of methoxy groups -OCH3 is 1. The van der Waals surface area contributed by atoms with Crippen molar-refractivity contribution in [3.8, 4) is 16.9 Å². The standard InChI is InChI=1S/C31H29ClN4O5S/c1-21-3-7-26(8-4-21)42(38,39)36-20-28(27-17-25(18-33-31(27)36)34-11-13-41-14-12-34)22-9-10-35(30(37)15-22)19-23-5-6-24(32)16-29(23)40-2/h3-10,15-18,20H,11-14,19H2,1-2H3. The van der Waals surface area contributed by atoms with Gasteiger partial charge in [0.15, 0.2) is 5.65 Å². The monoisotopic (exact) mass is 604 g/mol. The Labute approximate surface area is 248 Å². The van der Waals surface area contributed by atoms with Crippen molar-refractivity contribution in [1.29, 1.82) is 0 Å².